The van der Waals surface area contributed by atoms with Gasteiger partial charge in [-0.05, 0) is 56.5 Å². The lowest BCUT2D eigenvalue weighted by Gasteiger charge is -2.50. The highest BCUT2D eigenvalue weighted by Gasteiger charge is 2.53. The smallest absolute Gasteiger partial charge is 0.315 e. The van der Waals surface area contributed by atoms with Crippen molar-refractivity contribution in [2.45, 2.75) is 62.9 Å². The largest absolute Gasteiger partial charge is 0.378 e. The second-order valence-electron chi connectivity index (χ2n) is 16.5. The Labute approximate surface area is 351 Å². The highest BCUT2D eigenvalue weighted by molar-refractivity contribution is 5.94. The van der Waals surface area contributed by atoms with Gasteiger partial charge in [-0.3, -0.25) is 9.59 Å². The van der Waals surface area contributed by atoms with Gasteiger partial charge in [0.1, 0.15) is 40.8 Å². The van der Waals surface area contributed by atoms with E-state index >= 15 is 8.78 Å². The van der Waals surface area contributed by atoms with Crippen molar-refractivity contribution in [3.05, 3.63) is 78.0 Å². The van der Waals surface area contributed by atoms with E-state index in [1.807, 2.05) is 27.4 Å². The number of hydrogen-bond acceptors (Lipinski definition) is 11. The number of hydrogen-bond donors (Lipinski definition) is 1. The van der Waals surface area contributed by atoms with Crippen LogP contribution < -0.4 is 15.1 Å². The third kappa shape index (κ3) is 6.53. The minimum Gasteiger partial charge on any atom is -0.378 e. The average Bonchev–Trinajstić information content (AvgIpc) is 4.04. The second-order valence-corrected chi connectivity index (χ2v) is 16.5. The molecule has 4 atom stereocenters. The first kappa shape index (κ1) is 39.7. The number of methoxy groups -OCH3 is 1. The van der Waals surface area contributed by atoms with Gasteiger partial charge in [-0.1, -0.05) is 6.07 Å². The molecule has 10 rings (SSSR count). The minimum absolute atomic E-state index is 0.0360. The molecule has 4 aliphatic rings. The Morgan fingerprint density at radius 3 is 2.55 bits per heavy atom. The number of aryl methyl sites for hydroxylation is 1. The summed E-state index contributed by atoms with van der Waals surface area (Å²) in [6.45, 7) is 3.12. The zero-order valence-electron chi connectivity index (χ0n) is 33.9. The number of likely N-dealkylation sites (N-methyl/N-ethyl adjacent to an activating group) is 1. The molecule has 0 saturated carbocycles. The Morgan fingerprint density at radius 1 is 0.968 bits per heavy atom. The van der Waals surface area contributed by atoms with Crippen molar-refractivity contribution < 1.29 is 36.3 Å². The van der Waals surface area contributed by atoms with Crippen LogP contribution in [0.25, 0.3) is 39.0 Å². The molecular weight excluding hydrogens is 816 g/mol. The van der Waals surface area contributed by atoms with Gasteiger partial charge in [-0.25, -0.2) is 27.8 Å². The van der Waals surface area contributed by atoms with E-state index in [1.165, 1.54) is 29.1 Å². The van der Waals surface area contributed by atoms with Gasteiger partial charge in [0.05, 0.1) is 46.5 Å². The fourth-order valence-electron chi connectivity index (χ4n) is 9.62. The van der Waals surface area contributed by atoms with Crippen LogP contribution in [0.2, 0.25) is 0 Å². The molecule has 3 fully saturated rings. The van der Waals surface area contributed by atoms with Crippen LogP contribution in [0.15, 0.2) is 54.7 Å². The summed E-state index contributed by atoms with van der Waals surface area (Å²) < 4.78 is 81.0. The number of pyridine rings is 1. The molecule has 62 heavy (non-hydrogen) atoms. The van der Waals surface area contributed by atoms with Crippen LogP contribution in [0, 0.1) is 24.4 Å². The summed E-state index contributed by atoms with van der Waals surface area (Å²) in [6.07, 6.45) is -0.928. The summed E-state index contributed by atoms with van der Waals surface area (Å²) in [5, 5.41) is 8.37. The van der Waals surface area contributed by atoms with Crippen LogP contribution in [0.3, 0.4) is 0 Å². The van der Waals surface area contributed by atoms with Crippen molar-refractivity contribution in [1.82, 2.24) is 44.1 Å². The van der Waals surface area contributed by atoms with Crippen LogP contribution in [0.5, 0.6) is 0 Å². The molecule has 2 amide bonds. The Kier molecular flexibility index (Phi) is 9.52. The zero-order valence-corrected chi connectivity index (χ0v) is 33.9. The Hall–Kier alpha value is -6.44. The molecule has 8 heterocycles. The van der Waals surface area contributed by atoms with Crippen molar-refractivity contribution in [2.75, 3.05) is 62.0 Å². The molecule has 6 aromatic rings. The monoisotopic (exact) mass is 856 g/mol. The number of carbonyl (C=O) groups is 2. The second kappa shape index (κ2) is 14.9. The van der Waals surface area contributed by atoms with E-state index in [1.54, 1.807) is 31.2 Å². The molecule has 20 heteroatoms. The molecule has 4 unspecified atom stereocenters. The van der Waals surface area contributed by atoms with Crippen molar-refractivity contribution in [3.63, 3.8) is 0 Å². The van der Waals surface area contributed by atoms with Gasteiger partial charge in [0.15, 0.2) is 11.5 Å². The third-order valence-electron chi connectivity index (χ3n) is 12.8. The van der Waals surface area contributed by atoms with Gasteiger partial charge in [0.25, 0.3) is 5.91 Å². The lowest BCUT2D eigenvalue weighted by molar-refractivity contribution is -0.142. The fourth-order valence-corrected chi connectivity index (χ4v) is 9.62. The van der Waals surface area contributed by atoms with Crippen LogP contribution >= 0.6 is 0 Å². The molecule has 15 nitrogen and oxygen atoms in total. The highest BCUT2D eigenvalue weighted by Crippen LogP contribution is 2.44. The summed E-state index contributed by atoms with van der Waals surface area (Å²) in [4.78, 5) is 53.3. The number of rotatable bonds is 5. The van der Waals surface area contributed by atoms with E-state index in [0.29, 0.717) is 70.9 Å². The van der Waals surface area contributed by atoms with Crippen molar-refractivity contribution >= 4 is 51.5 Å². The molecule has 4 aliphatic heterocycles. The maximum absolute atomic E-state index is 15.4. The van der Waals surface area contributed by atoms with Crippen LogP contribution in [0.1, 0.15) is 25.1 Å². The van der Waals surface area contributed by atoms with Crippen LogP contribution in [0.4, 0.5) is 39.5 Å². The van der Waals surface area contributed by atoms with E-state index in [9.17, 15) is 22.8 Å². The molecule has 1 spiro atoms. The van der Waals surface area contributed by atoms with Gasteiger partial charge < -0.3 is 34.2 Å². The number of alkyl halides is 2. The first-order valence-electron chi connectivity index (χ1n) is 20.3. The zero-order chi connectivity index (χ0) is 43.2. The summed E-state index contributed by atoms with van der Waals surface area (Å²) in [5.74, 6) is -2.02. The first-order valence-corrected chi connectivity index (χ1v) is 20.3. The number of benzene rings is 2. The number of nitrogens with one attached hydrogen (secondary N) is 1. The van der Waals surface area contributed by atoms with Crippen LogP contribution in [-0.4, -0.2) is 133 Å². The maximum atomic E-state index is 15.4. The number of ether oxygens (including phenoxy) is 1. The number of carbonyl (C=O) groups excluding carboxylic acids is 2. The first-order chi connectivity index (χ1) is 29.8. The third-order valence-corrected chi connectivity index (χ3v) is 12.8. The van der Waals surface area contributed by atoms with E-state index in [0.717, 1.165) is 17.0 Å². The lowest BCUT2D eigenvalue weighted by Crippen LogP contribution is -2.62. The quantitative estimate of drug-likeness (QED) is 0.236. The highest BCUT2D eigenvalue weighted by atomic mass is 19.3. The van der Waals surface area contributed by atoms with Gasteiger partial charge in [0, 0.05) is 70.6 Å². The molecule has 1 N–H and O–H groups in total. The molecule has 2 aromatic carbocycles. The van der Waals surface area contributed by atoms with Gasteiger partial charge in [-0.15, -0.1) is 0 Å². The lowest BCUT2D eigenvalue weighted by atomic mass is 9.84. The van der Waals surface area contributed by atoms with E-state index in [4.69, 9.17) is 19.7 Å². The van der Waals surface area contributed by atoms with Crippen molar-refractivity contribution in [2.24, 2.45) is 0 Å². The fraction of sp³-hybridized carbons (Fsp3) is 0.405. The Bertz CT molecular complexity index is 2780. The van der Waals surface area contributed by atoms with Crippen molar-refractivity contribution in [1.29, 1.82) is 0 Å². The number of halogens is 5. The molecule has 0 aliphatic carbocycles. The molecule has 3 saturated heterocycles. The predicted molar refractivity (Wildman–Crippen MR) is 218 cm³/mol. The van der Waals surface area contributed by atoms with Gasteiger partial charge >= 0.3 is 6.43 Å². The Morgan fingerprint density at radius 2 is 1.79 bits per heavy atom. The van der Waals surface area contributed by atoms with Gasteiger partial charge in [0.2, 0.25) is 11.9 Å². The standard InChI is InChI=1S/C42H41F5N12O3/c1-22-49-31-15-24(44)13-27-30-5-4-6-34(51-30)50-25-16-33(39(60)54(2)19-26(62-3)20-56(22)35(27)31)57(18-25)37-28-17-48-59(32-8-7-23(43)14-29(32)45)38(28)53-41(52-37)58-12-10-42(58)9-11-55(21-42)40(61)36(46)47/h4-8,13-15,17,25-26,33,36H,9-12,16,18-21H2,1-3H3,(H,50,51). The maximum Gasteiger partial charge on any atom is 0.315 e. The van der Waals surface area contributed by atoms with Crippen LogP contribution in [-0.2, 0) is 20.9 Å². The van der Waals surface area contributed by atoms with Gasteiger partial charge in [-0.2, -0.15) is 23.8 Å². The normalized spacial score (nSPS) is 22.8. The number of nitrogens with zero attached hydrogens (tertiary/aromatic N) is 11. The molecule has 0 radical (unpaired) electrons. The minimum atomic E-state index is -3.15. The number of fused-ring (bicyclic) bond motifs is 6. The summed E-state index contributed by atoms with van der Waals surface area (Å²) in [7, 11) is 3.26. The predicted octanol–water partition coefficient (Wildman–Crippen LogP) is 4.95. The molecule has 322 valence electrons. The number of aromatic nitrogens is 7. The average molecular weight is 857 g/mol. The molecule has 4 aromatic heterocycles. The number of amides is 2. The number of likely N-dealkylation sites (tertiary alicyclic amines) is 1. The Balaban J connectivity index is 1.09. The molecular formula is C42H41F5N12O3. The van der Waals surface area contributed by atoms with E-state index in [-0.39, 0.29) is 62.0 Å². The van der Waals surface area contributed by atoms with E-state index < -0.39 is 47.5 Å². The topological polar surface area (TPSA) is 143 Å². The summed E-state index contributed by atoms with van der Waals surface area (Å²) in [5.41, 5.74) is 1.56. The number of imidazole rings is 1. The summed E-state index contributed by atoms with van der Waals surface area (Å²) in [6, 6.07) is 10.1. The SMILES string of the molecule is COC1CN(C)C(=O)C2CC(CN2c2nc(N3CCC34CCN(C(=O)C(F)F)C4)nc3c2cnn3-c2ccc(F)cc2F)Nc2cccc(n2)-c2cc(F)cc3nc(C)n(c23)C1. The summed E-state index contributed by atoms with van der Waals surface area (Å²) >= 11 is 0. The molecule has 4 bridgehead atoms. The van der Waals surface area contributed by atoms with Crippen molar-refractivity contribution in [3.8, 4) is 16.9 Å². The number of anilines is 3. The van der Waals surface area contributed by atoms with E-state index in [2.05, 4.69) is 15.4 Å².